The van der Waals surface area contributed by atoms with E-state index in [1.165, 1.54) is 11.8 Å². The van der Waals surface area contributed by atoms with Gasteiger partial charge in [0.05, 0.1) is 24.3 Å². The molecule has 0 fully saturated rings. The number of rotatable bonds is 27. The van der Waals surface area contributed by atoms with Gasteiger partial charge in [-0.05, 0) is 48.1 Å². The number of nitrogens with two attached hydrogens (primary N) is 1. The Bertz CT molecular complexity index is 1970. The number of hydrogen-bond acceptors (Lipinski definition) is 7. The monoisotopic (exact) mass is 1030 g/mol. The maximum Gasteiger partial charge on any atom is 0.306 e. The molecule has 346 valence electrons. The normalized spacial score (nSPS) is 13.1. The Morgan fingerprint density at radius 1 is 0.952 bits per heavy atom. The van der Waals surface area contributed by atoms with E-state index in [1.54, 1.807) is 17.2 Å². The molecule has 3 aromatic rings. The fourth-order valence-corrected chi connectivity index (χ4v) is 10.3. The highest BCUT2D eigenvalue weighted by Crippen LogP contribution is 2.41. The summed E-state index contributed by atoms with van der Waals surface area (Å²) in [4.78, 5) is 65.2. The molecule has 0 aliphatic heterocycles. The van der Waals surface area contributed by atoms with E-state index < -0.39 is 59.5 Å². The summed E-state index contributed by atoms with van der Waals surface area (Å²) in [6.07, 6.45) is 2.18. The van der Waals surface area contributed by atoms with Crippen LogP contribution in [0.3, 0.4) is 0 Å². The molecule has 2 unspecified atom stereocenters. The van der Waals surface area contributed by atoms with Gasteiger partial charge >= 0.3 is 5.97 Å². The lowest BCUT2D eigenvalue weighted by Gasteiger charge is -2.41. The van der Waals surface area contributed by atoms with E-state index in [9.17, 15) is 37.9 Å². The minimum absolute atomic E-state index is 0.00185. The van der Waals surface area contributed by atoms with Crippen molar-refractivity contribution in [2.24, 2.45) is 17.1 Å². The van der Waals surface area contributed by atoms with E-state index in [1.807, 2.05) is 69.5 Å². The molecule has 4 amide bonds. The van der Waals surface area contributed by atoms with Crippen LogP contribution in [0.1, 0.15) is 77.6 Å². The Kier molecular flexibility index (Phi) is 22.5. The molecular formula is C45H62AlF3IN6O6S-. The maximum atomic E-state index is 15.1. The summed E-state index contributed by atoms with van der Waals surface area (Å²) in [5.41, 5.74) is 7.55. The first kappa shape index (κ1) is 53.8. The van der Waals surface area contributed by atoms with Crippen LogP contribution in [0, 0.1) is 23.0 Å². The zero-order valence-corrected chi connectivity index (χ0v) is 41.0. The number of carboxylic acid groups (broad SMARTS) is 1. The van der Waals surface area contributed by atoms with Gasteiger partial charge in [-0.2, -0.15) is 16.2 Å². The first-order valence-electron chi connectivity index (χ1n) is 21.1. The van der Waals surface area contributed by atoms with Crippen LogP contribution in [0.2, 0.25) is 9.56 Å². The summed E-state index contributed by atoms with van der Waals surface area (Å²) in [5.74, 6) is -4.34. The molecule has 6 N–H and O–H groups in total. The highest BCUT2D eigenvalue weighted by atomic mass is 127. The van der Waals surface area contributed by atoms with Gasteiger partial charge in [-0.3, -0.25) is 24.0 Å². The number of carboxylic acids is 1. The van der Waals surface area contributed by atoms with Crippen molar-refractivity contribution < 1.29 is 64.8 Å². The number of thioether (sulfide) groups is 1. The predicted octanol–water partition coefficient (Wildman–Crippen LogP) is 2.91. The molecule has 12 nitrogen and oxygen atoms in total. The molecule has 0 saturated carbocycles. The Hall–Kier alpha value is -3.57. The van der Waals surface area contributed by atoms with Crippen LogP contribution in [0.4, 0.5) is 13.2 Å². The second-order valence-electron chi connectivity index (χ2n) is 17.3. The topological polar surface area (TPSA) is 176 Å². The first-order valence-corrected chi connectivity index (χ1v) is 25.1. The van der Waals surface area contributed by atoms with Crippen molar-refractivity contribution >= 4 is 56.6 Å². The van der Waals surface area contributed by atoms with Crippen LogP contribution in [-0.4, -0.2) is 114 Å². The number of hydrogen-bond donors (Lipinski definition) is 5. The number of carbonyl (C=O) groups excluding carboxylic acids is 4. The van der Waals surface area contributed by atoms with Gasteiger partial charge < -0.3 is 58.8 Å². The molecule has 0 saturated heterocycles. The van der Waals surface area contributed by atoms with E-state index in [0.717, 1.165) is 33.5 Å². The highest BCUT2D eigenvalue weighted by Gasteiger charge is 2.37. The highest BCUT2D eigenvalue weighted by molar-refractivity contribution is 7.99. The molecule has 1 heterocycles. The lowest BCUT2D eigenvalue weighted by atomic mass is 9.82. The van der Waals surface area contributed by atoms with E-state index >= 15 is 4.39 Å². The number of carbonyl (C=O) groups is 5. The van der Waals surface area contributed by atoms with E-state index in [-0.39, 0.29) is 88.1 Å². The van der Waals surface area contributed by atoms with Crippen molar-refractivity contribution in [3.05, 3.63) is 83.7 Å². The quantitative estimate of drug-likeness (QED) is 0.0336. The standard InChI is InChI=1S/C43H58F3N6O6S.C2H4I.Al/c1-28(2)19-30(42(57)58)21-38(54)50-24-39(55)49-16-15-48-37(53)14-18-59-27-40(56)52(17-13-33(47)23-44)41(43(3,4)5)36-20-31(34-22-32(45)11-12-35(34)46)26-51(36)25-29-9-7-6-8-10-29;1-2-3;/h6-12,20,22,26,30,33,41H,13-19,21,23-25,27,47H2,1-5H3,(H,48,53)(H,49,55)(H,50,54)(H,57,58);1-2H2;/q;-1;/t30?,33?,41-;;/m0../s1. The molecule has 3 atom stereocenters. The van der Waals surface area contributed by atoms with Crippen molar-refractivity contribution in [2.45, 2.75) is 88.5 Å². The molecule has 18 heteroatoms. The third-order valence-electron chi connectivity index (χ3n) is 10.3. The Balaban J connectivity index is 1.60. The molecule has 2 radical (unpaired) electrons. The number of nitrogens with zero attached hydrogens (tertiary/aromatic N) is 2. The predicted molar refractivity (Wildman–Crippen MR) is 239 cm³/mol. The van der Waals surface area contributed by atoms with Crippen LogP contribution in [0.15, 0.2) is 60.8 Å². The second-order valence-corrected chi connectivity index (χ2v) is 22.1. The van der Waals surface area contributed by atoms with Crippen LogP contribution in [0.5, 0.6) is 0 Å². The molecular weight excluding hydrogens is 963 g/mol. The van der Waals surface area contributed by atoms with Crippen molar-refractivity contribution in [1.82, 2.24) is 25.4 Å². The van der Waals surface area contributed by atoms with Crippen molar-refractivity contribution in [1.29, 1.82) is 0 Å². The minimum atomic E-state index is -1.04. The van der Waals surface area contributed by atoms with E-state index in [0.29, 0.717) is 30.0 Å². The molecule has 2 aromatic carbocycles. The Morgan fingerprint density at radius 3 is 2.27 bits per heavy atom. The van der Waals surface area contributed by atoms with Gasteiger partial charge in [0, 0.05) is 73.8 Å². The fourth-order valence-electron chi connectivity index (χ4n) is 7.24. The molecule has 0 spiro atoms. The van der Waals surface area contributed by atoms with Crippen molar-refractivity contribution in [2.75, 3.05) is 48.8 Å². The summed E-state index contributed by atoms with van der Waals surface area (Å²) in [5, 5.41) is 18.5. The van der Waals surface area contributed by atoms with Crippen molar-refractivity contribution in [3.63, 3.8) is 0 Å². The number of aliphatic carboxylic acids is 1. The molecule has 0 bridgehead atoms. The van der Waals surface area contributed by atoms with Gasteiger partial charge in [-0.15, -0.1) is 5.28 Å². The molecule has 63 heavy (non-hydrogen) atoms. The van der Waals surface area contributed by atoms with Crippen LogP contribution in [-0.2, 0) is 30.5 Å². The molecule has 3 rings (SSSR count). The first-order chi connectivity index (χ1) is 29.7. The van der Waals surface area contributed by atoms with Crippen LogP contribution < -0.4 is 44.3 Å². The lowest BCUT2D eigenvalue weighted by molar-refractivity contribution is -0.361. The lowest BCUT2D eigenvalue weighted by Crippen LogP contribution is -3.35. The summed E-state index contributed by atoms with van der Waals surface area (Å²) in [6.45, 7) is 9.59. The zero-order valence-electron chi connectivity index (χ0n) is 36.9. The van der Waals surface area contributed by atoms with Gasteiger partial charge in [0.1, 0.15) is 18.3 Å². The van der Waals surface area contributed by atoms with Gasteiger partial charge in [0.2, 0.25) is 38.8 Å². The summed E-state index contributed by atoms with van der Waals surface area (Å²) in [6, 6.07) is 13.2. The SMILES string of the molecule is C[C](C)(CC(CC(=O)NCC(=O)NCCNC(=O)CCSCC(=O)N(CCC(N)CF)[C@@H](c1cc(-c2cc(F)ccc2F)cn1Cc1ccccc1)C(C)(C)C)C(=O)O)[Al][CH2]C[I-]. The van der Waals surface area contributed by atoms with Crippen molar-refractivity contribution in [3.8, 4) is 11.1 Å². The number of alkyl halides is 2. The molecule has 1 aromatic heterocycles. The molecule has 0 aliphatic rings. The third-order valence-corrected chi connectivity index (χ3v) is 15.0. The number of nitrogens with one attached hydrogen (secondary N) is 3. The average molecular weight is 1030 g/mol. The van der Waals surface area contributed by atoms with Gasteiger partial charge in [-0.25, -0.2) is 13.2 Å². The third kappa shape index (κ3) is 18.8. The van der Waals surface area contributed by atoms with Gasteiger partial charge in [0.15, 0.2) is 0 Å². The van der Waals surface area contributed by atoms with Gasteiger partial charge in [-0.1, -0.05) is 69.2 Å². The Labute approximate surface area is 393 Å². The summed E-state index contributed by atoms with van der Waals surface area (Å²) >= 11 is 3.59. The smallest absolute Gasteiger partial charge is 0.306 e. The Morgan fingerprint density at radius 2 is 1.63 bits per heavy atom. The second kappa shape index (κ2) is 26.4. The van der Waals surface area contributed by atoms with Gasteiger partial charge in [0.25, 0.3) is 0 Å². The van der Waals surface area contributed by atoms with Crippen LogP contribution >= 0.6 is 11.8 Å². The summed E-state index contributed by atoms with van der Waals surface area (Å²) < 4.78 is 46.0. The maximum absolute atomic E-state index is 15.1. The molecule has 0 aliphatic carbocycles. The fraction of sp³-hybridized carbons (Fsp3) is 0.533. The number of halogens is 4. The van der Waals surface area contributed by atoms with E-state index in [2.05, 4.69) is 38.5 Å². The number of benzene rings is 2. The zero-order chi connectivity index (χ0) is 46.7. The van der Waals surface area contributed by atoms with Crippen LogP contribution in [0.25, 0.3) is 11.1 Å². The summed E-state index contributed by atoms with van der Waals surface area (Å²) in [7, 11) is 0. The number of aromatic nitrogens is 1. The minimum Gasteiger partial charge on any atom is -0.798 e. The van der Waals surface area contributed by atoms with E-state index in [4.69, 9.17) is 5.73 Å². The average Bonchev–Trinajstić information content (AvgIpc) is 3.63. The number of amides is 4. The largest absolute Gasteiger partial charge is 0.798 e.